The Morgan fingerprint density at radius 3 is 2.95 bits per heavy atom. The van der Waals surface area contributed by atoms with E-state index in [1.165, 1.54) is 4.90 Å². The number of nitrogens with zero attached hydrogens (tertiary/aromatic N) is 1. The predicted octanol–water partition coefficient (Wildman–Crippen LogP) is 2.39. The van der Waals surface area contributed by atoms with Gasteiger partial charge in [0.05, 0.1) is 17.5 Å². The van der Waals surface area contributed by atoms with Crippen LogP contribution in [0.15, 0.2) is 59.8 Å². The molecule has 3 rings (SSSR count). The lowest BCUT2D eigenvalue weighted by Crippen LogP contribution is -2.36. The van der Waals surface area contributed by atoms with Crippen LogP contribution in [0.3, 0.4) is 0 Å². The summed E-state index contributed by atoms with van der Waals surface area (Å²) in [6.45, 7) is 0. The van der Waals surface area contributed by atoms with Gasteiger partial charge in [-0.15, -0.1) is 0 Å². The highest BCUT2D eigenvalue weighted by atomic mass is 16.3. The standard InChI is InChI=1S/C15H14N2O2/c16-15(19)17-12-7-3-1-5-10(12)9-14(18)11-6-2-4-8-13(11)17/h1-4,6-9,14,18H,5H2,(H2,16,19). The minimum absolute atomic E-state index is 0.547. The van der Waals surface area contributed by atoms with Crippen molar-refractivity contribution >= 4 is 11.7 Å². The maximum atomic E-state index is 11.8. The van der Waals surface area contributed by atoms with Crippen LogP contribution in [0.2, 0.25) is 0 Å². The molecule has 4 heteroatoms. The number of carbonyl (C=O) groups excluding carboxylic acids is 1. The Morgan fingerprint density at radius 2 is 2.16 bits per heavy atom. The summed E-state index contributed by atoms with van der Waals surface area (Å²) in [7, 11) is 0. The van der Waals surface area contributed by atoms with Crippen molar-refractivity contribution in [3.8, 4) is 0 Å². The molecule has 0 radical (unpaired) electrons. The van der Waals surface area contributed by atoms with E-state index in [0.29, 0.717) is 17.7 Å². The van der Waals surface area contributed by atoms with Crippen molar-refractivity contribution in [1.29, 1.82) is 0 Å². The molecule has 0 saturated carbocycles. The number of primary amides is 1. The maximum absolute atomic E-state index is 11.8. The molecule has 1 aromatic carbocycles. The van der Waals surface area contributed by atoms with E-state index in [-0.39, 0.29) is 0 Å². The third-order valence-electron chi connectivity index (χ3n) is 3.37. The molecule has 1 atom stereocenters. The van der Waals surface area contributed by atoms with Crippen molar-refractivity contribution in [2.45, 2.75) is 12.5 Å². The molecule has 1 aromatic rings. The summed E-state index contributed by atoms with van der Waals surface area (Å²) in [6.07, 6.45) is 7.44. The van der Waals surface area contributed by atoms with Crippen molar-refractivity contribution in [2.24, 2.45) is 5.73 Å². The maximum Gasteiger partial charge on any atom is 0.323 e. The highest BCUT2D eigenvalue weighted by Crippen LogP contribution is 2.38. The molecule has 1 aliphatic carbocycles. The van der Waals surface area contributed by atoms with E-state index < -0.39 is 12.1 Å². The highest BCUT2D eigenvalue weighted by Gasteiger charge is 2.28. The van der Waals surface area contributed by atoms with Crippen LogP contribution in [0, 0.1) is 0 Å². The summed E-state index contributed by atoms with van der Waals surface area (Å²) < 4.78 is 0. The number of anilines is 1. The molecule has 3 N–H and O–H groups in total. The number of fused-ring (bicyclic) bond motifs is 2. The van der Waals surface area contributed by atoms with Gasteiger partial charge in [0, 0.05) is 5.56 Å². The molecule has 0 aromatic heterocycles. The summed E-state index contributed by atoms with van der Waals surface area (Å²) in [4.78, 5) is 13.3. The van der Waals surface area contributed by atoms with Crippen molar-refractivity contribution in [3.63, 3.8) is 0 Å². The first-order valence-electron chi connectivity index (χ1n) is 6.13. The van der Waals surface area contributed by atoms with Crippen molar-refractivity contribution in [3.05, 3.63) is 65.4 Å². The lowest BCUT2D eigenvalue weighted by atomic mass is 10.0. The molecule has 0 spiro atoms. The molecule has 1 aliphatic heterocycles. The number of para-hydroxylation sites is 1. The van der Waals surface area contributed by atoms with E-state index in [1.54, 1.807) is 18.2 Å². The van der Waals surface area contributed by atoms with Crippen LogP contribution in [0.1, 0.15) is 18.1 Å². The summed E-state index contributed by atoms with van der Waals surface area (Å²) in [5, 5.41) is 10.3. The van der Waals surface area contributed by atoms with Crippen LogP contribution in [0.4, 0.5) is 10.5 Å². The number of rotatable bonds is 0. The third kappa shape index (κ3) is 1.86. The third-order valence-corrected chi connectivity index (χ3v) is 3.37. The van der Waals surface area contributed by atoms with Crippen molar-refractivity contribution in [1.82, 2.24) is 0 Å². The molecule has 0 saturated heterocycles. The van der Waals surface area contributed by atoms with Crippen LogP contribution >= 0.6 is 0 Å². The monoisotopic (exact) mass is 254 g/mol. The van der Waals surface area contributed by atoms with Crippen LogP contribution in [-0.2, 0) is 0 Å². The summed E-state index contributed by atoms with van der Waals surface area (Å²) in [5.74, 6) is 0. The van der Waals surface area contributed by atoms with Crippen molar-refractivity contribution in [2.75, 3.05) is 4.90 Å². The average molecular weight is 254 g/mol. The fourth-order valence-corrected chi connectivity index (χ4v) is 2.53. The lowest BCUT2D eigenvalue weighted by Gasteiger charge is -2.26. The molecule has 0 bridgehead atoms. The number of hydrogen-bond donors (Lipinski definition) is 2. The molecule has 0 fully saturated rings. The molecule has 19 heavy (non-hydrogen) atoms. The van der Waals surface area contributed by atoms with E-state index in [4.69, 9.17) is 5.73 Å². The number of aliphatic hydroxyl groups excluding tert-OH is 1. The zero-order valence-corrected chi connectivity index (χ0v) is 10.3. The molecule has 1 heterocycles. The van der Waals surface area contributed by atoms with E-state index in [9.17, 15) is 9.90 Å². The van der Waals surface area contributed by atoms with E-state index in [1.807, 2.05) is 30.4 Å². The minimum Gasteiger partial charge on any atom is -0.384 e. The van der Waals surface area contributed by atoms with Crippen LogP contribution in [-0.4, -0.2) is 11.1 Å². The second-order valence-electron chi connectivity index (χ2n) is 4.55. The van der Waals surface area contributed by atoms with E-state index in [2.05, 4.69) is 0 Å². The summed E-state index contributed by atoms with van der Waals surface area (Å²) >= 11 is 0. The number of carbonyl (C=O) groups is 1. The number of nitrogens with two attached hydrogens (primary N) is 1. The average Bonchev–Trinajstić information content (AvgIpc) is 2.53. The molecule has 2 amide bonds. The van der Waals surface area contributed by atoms with Gasteiger partial charge in [-0.25, -0.2) is 4.79 Å². The second kappa shape index (κ2) is 4.40. The Labute approximate surface area is 111 Å². The van der Waals surface area contributed by atoms with Crippen LogP contribution < -0.4 is 10.6 Å². The molecular weight excluding hydrogens is 240 g/mol. The first-order chi connectivity index (χ1) is 9.18. The Kier molecular flexibility index (Phi) is 2.72. The van der Waals surface area contributed by atoms with Gasteiger partial charge in [-0.1, -0.05) is 30.4 Å². The SMILES string of the molecule is NC(=O)N1C2=CC=CCC2=CC(O)c2ccccc21. The largest absolute Gasteiger partial charge is 0.384 e. The van der Waals surface area contributed by atoms with E-state index >= 15 is 0 Å². The van der Waals surface area contributed by atoms with Crippen LogP contribution in [0.25, 0.3) is 0 Å². The Morgan fingerprint density at radius 1 is 1.37 bits per heavy atom. The van der Waals surface area contributed by atoms with Gasteiger partial charge in [0.15, 0.2) is 0 Å². The second-order valence-corrected chi connectivity index (χ2v) is 4.55. The number of aliphatic hydroxyl groups is 1. The number of urea groups is 1. The molecule has 96 valence electrons. The first kappa shape index (κ1) is 11.7. The first-order valence-corrected chi connectivity index (χ1v) is 6.13. The quantitative estimate of drug-likeness (QED) is 0.746. The predicted molar refractivity (Wildman–Crippen MR) is 73.4 cm³/mol. The van der Waals surface area contributed by atoms with Gasteiger partial charge >= 0.3 is 6.03 Å². The topological polar surface area (TPSA) is 66.6 Å². The van der Waals surface area contributed by atoms with Gasteiger partial charge in [0.2, 0.25) is 0 Å². The summed E-state index contributed by atoms with van der Waals surface area (Å²) in [5.41, 5.74) is 8.48. The summed E-state index contributed by atoms with van der Waals surface area (Å²) in [6, 6.07) is 6.71. The minimum atomic E-state index is -0.731. The molecular formula is C15H14N2O2. The smallest absolute Gasteiger partial charge is 0.323 e. The molecule has 1 unspecified atom stereocenters. The van der Waals surface area contributed by atoms with Gasteiger partial charge in [-0.05, 0) is 30.2 Å². The van der Waals surface area contributed by atoms with Gasteiger partial charge < -0.3 is 10.8 Å². The number of allylic oxidation sites excluding steroid dienone is 4. The van der Waals surface area contributed by atoms with Gasteiger partial charge in [-0.3, -0.25) is 4.90 Å². The van der Waals surface area contributed by atoms with E-state index in [0.717, 1.165) is 11.3 Å². The Bertz CT molecular complexity index is 629. The highest BCUT2D eigenvalue weighted by molar-refractivity contribution is 5.97. The molecule has 2 aliphatic rings. The fourth-order valence-electron chi connectivity index (χ4n) is 2.53. The number of amides is 2. The zero-order valence-electron chi connectivity index (χ0n) is 10.3. The Balaban J connectivity index is 2.26. The number of benzene rings is 1. The normalized spacial score (nSPS) is 20.9. The Hall–Kier alpha value is -2.33. The lowest BCUT2D eigenvalue weighted by molar-refractivity contribution is 0.229. The van der Waals surface area contributed by atoms with Gasteiger partial charge in [0.25, 0.3) is 0 Å². The van der Waals surface area contributed by atoms with Gasteiger partial charge in [-0.2, -0.15) is 0 Å². The van der Waals surface area contributed by atoms with Gasteiger partial charge in [0.1, 0.15) is 0 Å². The number of hydrogen-bond acceptors (Lipinski definition) is 2. The van der Waals surface area contributed by atoms with Crippen molar-refractivity contribution < 1.29 is 9.90 Å². The van der Waals surface area contributed by atoms with Crippen LogP contribution in [0.5, 0.6) is 0 Å². The molecule has 4 nitrogen and oxygen atoms in total. The zero-order chi connectivity index (χ0) is 13.4. The fraction of sp³-hybridized carbons (Fsp3) is 0.133.